The minimum atomic E-state index is -3.64. The average molecular weight is 323 g/mol. The van der Waals surface area contributed by atoms with Crippen molar-refractivity contribution in [3.05, 3.63) is 53.5 Å². The number of rotatable bonds is 5. The molecule has 0 spiro atoms. The summed E-state index contributed by atoms with van der Waals surface area (Å²) in [6.07, 6.45) is 1.52. The van der Waals surface area contributed by atoms with Gasteiger partial charge in [-0.3, -0.25) is 0 Å². The van der Waals surface area contributed by atoms with Gasteiger partial charge in [0, 0.05) is 19.2 Å². The molecule has 0 saturated heterocycles. The molecular formula is C15H17NO5S. The molecule has 1 aromatic carbocycles. The highest BCUT2D eigenvalue weighted by Gasteiger charge is 2.22. The Bertz CT molecular complexity index is 761. The third-order valence-corrected chi connectivity index (χ3v) is 5.16. The van der Waals surface area contributed by atoms with E-state index in [1.165, 1.54) is 49.0 Å². The van der Waals surface area contributed by atoms with Gasteiger partial charge in [-0.2, -0.15) is 4.31 Å². The number of carbonyl (C=O) groups excluding carboxylic acids is 1. The number of methoxy groups -OCH3 is 1. The molecular weight excluding hydrogens is 306 g/mol. The van der Waals surface area contributed by atoms with Crippen LogP contribution < -0.4 is 0 Å². The van der Waals surface area contributed by atoms with E-state index in [1.54, 1.807) is 13.0 Å². The first-order valence-corrected chi connectivity index (χ1v) is 7.98. The summed E-state index contributed by atoms with van der Waals surface area (Å²) in [6, 6.07) is 7.37. The number of hydrogen-bond acceptors (Lipinski definition) is 5. The molecule has 0 N–H and O–H groups in total. The first-order valence-electron chi connectivity index (χ1n) is 6.54. The maximum atomic E-state index is 12.5. The number of nitrogens with zero attached hydrogens (tertiary/aromatic N) is 1. The summed E-state index contributed by atoms with van der Waals surface area (Å²) in [5.41, 5.74) is 1.10. The van der Waals surface area contributed by atoms with E-state index in [0.29, 0.717) is 11.3 Å². The van der Waals surface area contributed by atoms with Crippen molar-refractivity contribution < 1.29 is 22.4 Å². The lowest BCUT2D eigenvalue weighted by Crippen LogP contribution is -2.26. The van der Waals surface area contributed by atoms with Crippen molar-refractivity contribution in [2.24, 2.45) is 0 Å². The second-order valence-electron chi connectivity index (χ2n) is 4.78. The van der Waals surface area contributed by atoms with Crippen molar-refractivity contribution in [1.82, 2.24) is 4.31 Å². The summed E-state index contributed by atoms with van der Waals surface area (Å²) in [4.78, 5) is 11.5. The highest BCUT2D eigenvalue weighted by molar-refractivity contribution is 7.89. The van der Waals surface area contributed by atoms with E-state index in [-0.39, 0.29) is 11.4 Å². The van der Waals surface area contributed by atoms with Crippen LogP contribution in [0.5, 0.6) is 0 Å². The summed E-state index contributed by atoms with van der Waals surface area (Å²) in [6.45, 7) is 1.99. The molecule has 0 unspecified atom stereocenters. The Balaban J connectivity index is 2.22. The minimum Gasteiger partial charge on any atom is -0.469 e. The molecule has 0 amide bonds. The number of ether oxygens (including phenoxy) is 1. The molecule has 7 heteroatoms. The van der Waals surface area contributed by atoms with E-state index in [2.05, 4.69) is 4.74 Å². The summed E-state index contributed by atoms with van der Waals surface area (Å²) < 4.78 is 36.0. The lowest BCUT2D eigenvalue weighted by molar-refractivity contribution is 0.0600. The normalized spacial score (nSPS) is 11.6. The van der Waals surface area contributed by atoms with Crippen LogP contribution in [0.15, 0.2) is 45.9 Å². The lowest BCUT2D eigenvalue weighted by Gasteiger charge is -2.17. The predicted molar refractivity (Wildman–Crippen MR) is 79.9 cm³/mol. The van der Waals surface area contributed by atoms with Gasteiger partial charge in [-0.05, 0) is 37.3 Å². The zero-order chi connectivity index (χ0) is 16.3. The Morgan fingerprint density at radius 1 is 1.23 bits per heavy atom. The second kappa shape index (κ2) is 6.33. The largest absolute Gasteiger partial charge is 0.469 e. The fourth-order valence-corrected chi connectivity index (χ4v) is 3.11. The number of furan rings is 1. The maximum absolute atomic E-state index is 12.5. The van der Waals surface area contributed by atoms with Crippen LogP contribution in [0.25, 0.3) is 0 Å². The summed E-state index contributed by atoms with van der Waals surface area (Å²) in [5.74, 6) is 0.175. The molecule has 1 aromatic heterocycles. The standard InChI is InChI=1S/C15H17NO5S/c1-11-13(8-9-21-11)10-16(2)22(18,19)14-6-4-12(5-7-14)15(17)20-3/h4-9H,10H2,1-3H3. The van der Waals surface area contributed by atoms with Crippen molar-refractivity contribution in [2.75, 3.05) is 14.2 Å². The summed E-state index contributed by atoms with van der Waals surface area (Å²) in [7, 11) is -0.874. The molecule has 0 aliphatic carbocycles. The van der Waals surface area contributed by atoms with Gasteiger partial charge in [-0.15, -0.1) is 0 Å². The van der Waals surface area contributed by atoms with Crippen molar-refractivity contribution in [3.63, 3.8) is 0 Å². The first kappa shape index (κ1) is 16.3. The molecule has 22 heavy (non-hydrogen) atoms. The fourth-order valence-electron chi connectivity index (χ4n) is 1.96. The molecule has 0 aliphatic rings. The summed E-state index contributed by atoms with van der Waals surface area (Å²) in [5, 5.41) is 0. The quantitative estimate of drug-likeness (QED) is 0.788. The van der Waals surface area contributed by atoms with Gasteiger partial charge in [0.1, 0.15) is 5.76 Å². The van der Waals surface area contributed by atoms with Crippen molar-refractivity contribution in [2.45, 2.75) is 18.4 Å². The molecule has 1 heterocycles. The third kappa shape index (κ3) is 3.20. The Hall–Kier alpha value is -2.12. The SMILES string of the molecule is COC(=O)c1ccc(S(=O)(=O)N(C)Cc2ccoc2C)cc1. The van der Waals surface area contributed by atoms with Gasteiger partial charge in [0.05, 0.1) is 23.8 Å². The van der Waals surface area contributed by atoms with Crippen LogP contribution >= 0.6 is 0 Å². The van der Waals surface area contributed by atoms with Crippen LogP contribution in [-0.4, -0.2) is 32.8 Å². The number of aryl methyl sites for hydroxylation is 1. The average Bonchev–Trinajstić information content (AvgIpc) is 2.91. The van der Waals surface area contributed by atoms with Crippen LogP contribution in [0.2, 0.25) is 0 Å². The van der Waals surface area contributed by atoms with E-state index in [0.717, 1.165) is 5.56 Å². The zero-order valence-electron chi connectivity index (χ0n) is 12.6. The van der Waals surface area contributed by atoms with E-state index in [1.807, 2.05) is 0 Å². The number of esters is 1. The van der Waals surface area contributed by atoms with E-state index in [9.17, 15) is 13.2 Å². The number of sulfonamides is 1. The topological polar surface area (TPSA) is 76.8 Å². The highest BCUT2D eigenvalue weighted by Crippen LogP contribution is 2.19. The monoisotopic (exact) mass is 323 g/mol. The number of benzene rings is 1. The molecule has 0 atom stereocenters. The zero-order valence-corrected chi connectivity index (χ0v) is 13.4. The molecule has 2 aromatic rings. The third-order valence-electron chi connectivity index (χ3n) is 3.34. The Labute approximate surface area is 129 Å². The number of hydrogen-bond donors (Lipinski definition) is 0. The maximum Gasteiger partial charge on any atom is 0.337 e. The minimum absolute atomic E-state index is 0.115. The first-order chi connectivity index (χ1) is 10.4. The Morgan fingerprint density at radius 3 is 2.36 bits per heavy atom. The van der Waals surface area contributed by atoms with Gasteiger partial charge in [-0.25, -0.2) is 13.2 Å². The van der Waals surface area contributed by atoms with Crippen molar-refractivity contribution in [3.8, 4) is 0 Å². The van der Waals surface area contributed by atoms with Gasteiger partial charge in [-0.1, -0.05) is 0 Å². The van der Waals surface area contributed by atoms with Crippen LogP contribution in [-0.2, 0) is 21.3 Å². The smallest absolute Gasteiger partial charge is 0.337 e. The molecule has 6 nitrogen and oxygen atoms in total. The fraction of sp³-hybridized carbons (Fsp3) is 0.267. The Kier molecular flexibility index (Phi) is 4.68. The van der Waals surface area contributed by atoms with Gasteiger partial charge in [0.25, 0.3) is 0 Å². The van der Waals surface area contributed by atoms with Gasteiger partial charge >= 0.3 is 5.97 Å². The van der Waals surface area contributed by atoms with Crippen LogP contribution in [0.4, 0.5) is 0 Å². The molecule has 0 fully saturated rings. The van der Waals surface area contributed by atoms with Crippen LogP contribution in [0.1, 0.15) is 21.7 Å². The molecule has 2 rings (SSSR count). The highest BCUT2D eigenvalue weighted by atomic mass is 32.2. The van der Waals surface area contributed by atoms with Gasteiger partial charge in [0.2, 0.25) is 10.0 Å². The van der Waals surface area contributed by atoms with Crippen molar-refractivity contribution >= 4 is 16.0 Å². The Morgan fingerprint density at radius 2 is 1.86 bits per heavy atom. The number of carbonyl (C=O) groups is 1. The molecule has 0 saturated carbocycles. The van der Waals surface area contributed by atoms with Crippen LogP contribution in [0.3, 0.4) is 0 Å². The summed E-state index contributed by atoms with van der Waals surface area (Å²) >= 11 is 0. The van der Waals surface area contributed by atoms with E-state index in [4.69, 9.17) is 4.42 Å². The predicted octanol–water partition coefficient (Wildman–Crippen LogP) is 2.20. The molecule has 118 valence electrons. The second-order valence-corrected chi connectivity index (χ2v) is 6.82. The van der Waals surface area contributed by atoms with Crippen LogP contribution in [0, 0.1) is 6.92 Å². The van der Waals surface area contributed by atoms with Gasteiger partial charge < -0.3 is 9.15 Å². The van der Waals surface area contributed by atoms with E-state index < -0.39 is 16.0 Å². The molecule has 0 bridgehead atoms. The molecule has 0 radical (unpaired) electrons. The van der Waals surface area contributed by atoms with Gasteiger partial charge in [0.15, 0.2) is 0 Å². The van der Waals surface area contributed by atoms with E-state index >= 15 is 0 Å². The molecule has 0 aliphatic heterocycles. The van der Waals surface area contributed by atoms with Crippen molar-refractivity contribution in [1.29, 1.82) is 0 Å². The lowest BCUT2D eigenvalue weighted by atomic mass is 10.2.